The number of hydrogen-bond donors (Lipinski definition) is 7. The number of phenols is 1. The lowest BCUT2D eigenvalue weighted by Crippen LogP contribution is -2.63. The fourth-order valence-corrected chi connectivity index (χ4v) is 4.71. The number of ether oxygens (including phenoxy) is 5. The third-order valence-corrected chi connectivity index (χ3v) is 6.98. The zero-order chi connectivity index (χ0) is 29.4. The summed E-state index contributed by atoms with van der Waals surface area (Å²) in [7, 11) is 1.42. The molecule has 2 fully saturated rings. The largest absolute Gasteiger partial charge is 0.507 e. The van der Waals surface area contributed by atoms with Gasteiger partial charge in [0.2, 0.25) is 6.29 Å². The fourth-order valence-electron chi connectivity index (χ4n) is 4.71. The smallest absolute Gasteiger partial charge is 0.228 e. The van der Waals surface area contributed by atoms with Crippen molar-refractivity contribution >= 4 is 11.0 Å². The number of hydrogen-bond acceptors (Lipinski definition) is 14. The van der Waals surface area contributed by atoms with E-state index < -0.39 is 67.3 Å². The first-order chi connectivity index (χ1) is 19.6. The molecule has 14 heteroatoms. The van der Waals surface area contributed by atoms with Crippen molar-refractivity contribution in [3.63, 3.8) is 0 Å². The zero-order valence-corrected chi connectivity index (χ0v) is 21.6. The van der Waals surface area contributed by atoms with Crippen LogP contribution in [0.15, 0.2) is 51.7 Å². The quantitative estimate of drug-likeness (QED) is 0.176. The number of methoxy groups -OCH3 is 1. The van der Waals surface area contributed by atoms with E-state index in [0.29, 0.717) is 11.3 Å². The van der Waals surface area contributed by atoms with Crippen LogP contribution in [0, 0.1) is 0 Å². The molecular weight excluding hydrogens is 548 g/mol. The van der Waals surface area contributed by atoms with Crippen LogP contribution in [0.3, 0.4) is 0 Å². The molecule has 3 heterocycles. The van der Waals surface area contributed by atoms with Crippen molar-refractivity contribution in [1.29, 1.82) is 0 Å². The molecule has 2 saturated heterocycles. The Bertz CT molecular complexity index is 1410. The summed E-state index contributed by atoms with van der Waals surface area (Å²) in [5.41, 5.74) is 0.180. The molecule has 0 bridgehead atoms. The second-order valence-electron chi connectivity index (χ2n) is 9.69. The van der Waals surface area contributed by atoms with Crippen LogP contribution in [-0.4, -0.2) is 111 Å². The summed E-state index contributed by atoms with van der Waals surface area (Å²) < 4.78 is 33.0. The van der Waals surface area contributed by atoms with E-state index in [4.69, 9.17) is 28.1 Å². The Balaban J connectivity index is 1.30. The topological polar surface area (TPSA) is 218 Å². The van der Waals surface area contributed by atoms with Gasteiger partial charge in [-0.1, -0.05) is 0 Å². The summed E-state index contributed by atoms with van der Waals surface area (Å²) in [5.74, 6) is 0.493. The van der Waals surface area contributed by atoms with Crippen LogP contribution >= 0.6 is 0 Å². The number of benzene rings is 2. The maximum Gasteiger partial charge on any atom is 0.228 e. The van der Waals surface area contributed by atoms with Gasteiger partial charge in [0.15, 0.2) is 11.7 Å². The maximum absolute atomic E-state index is 12.6. The van der Waals surface area contributed by atoms with Gasteiger partial charge in [0.05, 0.1) is 20.3 Å². The second-order valence-corrected chi connectivity index (χ2v) is 9.69. The lowest BCUT2D eigenvalue weighted by Gasteiger charge is -2.44. The van der Waals surface area contributed by atoms with E-state index >= 15 is 0 Å². The van der Waals surface area contributed by atoms with Gasteiger partial charge in [-0.05, 0) is 24.3 Å². The number of phenolic OH excluding ortho intramolecular Hbond substituents is 1. The SMILES string of the molecule is COc1cc(O)c2c(=O)cc(-c3ccc(OC4OCC(O)C(OC5OC(CO)C(O)C(O)C5O)C4O)cc3)oc2c1. The molecule has 222 valence electrons. The number of rotatable bonds is 7. The lowest BCUT2D eigenvalue weighted by atomic mass is 9.98. The van der Waals surface area contributed by atoms with E-state index in [1.807, 2.05) is 0 Å². The maximum atomic E-state index is 12.6. The molecule has 9 atom stereocenters. The highest BCUT2D eigenvalue weighted by atomic mass is 16.7. The van der Waals surface area contributed by atoms with Crippen LogP contribution in [0.4, 0.5) is 0 Å². The Labute approximate surface area is 232 Å². The van der Waals surface area contributed by atoms with Crippen molar-refractivity contribution in [2.45, 2.75) is 55.3 Å². The molecule has 41 heavy (non-hydrogen) atoms. The van der Waals surface area contributed by atoms with Crippen molar-refractivity contribution in [2.24, 2.45) is 0 Å². The molecule has 0 spiro atoms. The van der Waals surface area contributed by atoms with Gasteiger partial charge in [0.1, 0.15) is 76.7 Å². The van der Waals surface area contributed by atoms with Crippen LogP contribution in [0.25, 0.3) is 22.3 Å². The van der Waals surface area contributed by atoms with Gasteiger partial charge in [-0.2, -0.15) is 0 Å². The van der Waals surface area contributed by atoms with Crippen LogP contribution in [0.2, 0.25) is 0 Å². The minimum absolute atomic E-state index is 0.0145. The van der Waals surface area contributed by atoms with E-state index in [0.717, 1.165) is 0 Å². The van der Waals surface area contributed by atoms with Crippen molar-refractivity contribution in [2.75, 3.05) is 20.3 Å². The monoisotopic (exact) mass is 578 g/mol. The third-order valence-electron chi connectivity index (χ3n) is 6.98. The fraction of sp³-hybridized carbons (Fsp3) is 0.444. The molecule has 1 aromatic heterocycles. The van der Waals surface area contributed by atoms with E-state index in [9.17, 15) is 40.5 Å². The van der Waals surface area contributed by atoms with Crippen molar-refractivity contribution in [3.8, 4) is 28.6 Å². The lowest BCUT2D eigenvalue weighted by molar-refractivity contribution is -0.343. The van der Waals surface area contributed by atoms with Crippen LogP contribution < -0.4 is 14.9 Å². The minimum Gasteiger partial charge on any atom is -0.507 e. The van der Waals surface area contributed by atoms with Gasteiger partial charge >= 0.3 is 0 Å². The highest BCUT2D eigenvalue weighted by Crippen LogP contribution is 2.32. The van der Waals surface area contributed by atoms with Gasteiger partial charge in [0.25, 0.3) is 0 Å². The second kappa shape index (κ2) is 11.9. The molecule has 0 radical (unpaired) electrons. The Morgan fingerprint density at radius 1 is 0.902 bits per heavy atom. The molecule has 0 saturated carbocycles. The van der Waals surface area contributed by atoms with Gasteiger partial charge in [-0.25, -0.2) is 0 Å². The average molecular weight is 579 g/mol. The van der Waals surface area contributed by atoms with Gasteiger partial charge in [-0.15, -0.1) is 0 Å². The molecule has 2 aliphatic heterocycles. The summed E-state index contributed by atoms with van der Waals surface area (Å²) in [6, 6.07) is 10.3. The summed E-state index contributed by atoms with van der Waals surface area (Å²) >= 11 is 0. The van der Waals surface area contributed by atoms with E-state index in [1.54, 1.807) is 12.1 Å². The van der Waals surface area contributed by atoms with E-state index in [1.165, 1.54) is 37.4 Å². The summed E-state index contributed by atoms with van der Waals surface area (Å²) in [5, 5.41) is 70.9. The Hall–Kier alpha value is -3.31. The predicted octanol–water partition coefficient (Wildman–Crippen LogP) is -1.18. The molecule has 2 aliphatic rings. The third kappa shape index (κ3) is 5.74. The predicted molar refractivity (Wildman–Crippen MR) is 137 cm³/mol. The molecular formula is C27H30O14. The number of aliphatic hydroxyl groups is 6. The number of aromatic hydroxyl groups is 1. The van der Waals surface area contributed by atoms with Crippen LogP contribution in [0.1, 0.15) is 0 Å². The van der Waals surface area contributed by atoms with Gasteiger partial charge < -0.3 is 63.8 Å². The first-order valence-corrected chi connectivity index (χ1v) is 12.7. The van der Waals surface area contributed by atoms with Crippen LogP contribution in [-0.2, 0) is 14.2 Å². The highest BCUT2D eigenvalue weighted by Gasteiger charge is 2.48. The first kappa shape index (κ1) is 29.2. The van der Waals surface area contributed by atoms with E-state index in [2.05, 4.69) is 0 Å². The molecule has 3 aromatic rings. The molecule has 0 amide bonds. The summed E-state index contributed by atoms with van der Waals surface area (Å²) in [6.07, 6.45) is -13.5. The number of fused-ring (bicyclic) bond motifs is 1. The van der Waals surface area contributed by atoms with Crippen molar-refractivity contribution in [3.05, 3.63) is 52.7 Å². The number of aliphatic hydroxyl groups excluding tert-OH is 6. The summed E-state index contributed by atoms with van der Waals surface area (Å²) in [4.78, 5) is 12.6. The van der Waals surface area contributed by atoms with Gasteiger partial charge in [0, 0.05) is 23.8 Å². The Morgan fingerprint density at radius 3 is 2.32 bits per heavy atom. The molecule has 9 unspecified atom stereocenters. The normalized spacial score (nSPS) is 32.1. The Kier molecular flexibility index (Phi) is 8.47. The molecule has 0 aliphatic carbocycles. The molecule has 5 rings (SSSR count). The standard InChI is InChI=1S/C27H30O14/c1-36-13-6-14(29)20-15(30)8-17(39-18(20)7-13)11-2-4-12(5-3-11)38-26-24(35)25(16(31)10-37-26)41-27-23(34)22(33)21(32)19(9-28)40-27/h2-8,16,19,21-29,31-35H,9-10H2,1H3. The molecule has 14 nitrogen and oxygen atoms in total. The molecule has 2 aromatic carbocycles. The highest BCUT2D eigenvalue weighted by molar-refractivity contribution is 5.86. The summed E-state index contributed by atoms with van der Waals surface area (Å²) in [6.45, 7) is -0.995. The zero-order valence-electron chi connectivity index (χ0n) is 21.6. The van der Waals surface area contributed by atoms with E-state index in [-0.39, 0.29) is 34.8 Å². The average Bonchev–Trinajstić information content (AvgIpc) is 2.96. The van der Waals surface area contributed by atoms with Crippen LogP contribution in [0.5, 0.6) is 17.2 Å². The first-order valence-electron chi connectivity index (χ1n) is 12.7. The Morgan fingerprint density at radius 2 is 1.63 bits per heavy atom. The van der Waals surface area contributed by atoms with Crippen molar-refractivity contribution in [1.82, 2.24) is 0 Å². The van der Waals surface area contributed by atoms with Crippen molar-refractivity contribution < 1.29 is 63.8 Å². The van der Waals surface area contributed by atoms with Gasteiger partial charge in [-0.3, -0.25) is 4.79 Å². The minimum atomic E-state index is -1.73. The molecule has 7 N–H and O–H groups in total.